The summed E-state index contributed by atoms with van der Waals surface area (Å²) in [6.07, 6.45) is 1.03. The second kappa shape index (κ2) is 5.88. The zero-order valence-corrected chi connectivity index (χ0v) is 4.70. The average Bonchev–Trinajstić information content (AvgIpc) is 1.69. The molecule has 0 amide bonds. The van der Waals surface area contributed by atoms with Gasteiger partial charge in [0.1, 0.15) is 0 Å². The van der Waals surface area contributed by atoms with Gasteiger partial charge >= 0.3 is 0 Å². The molecule has 3 heteroatoms. The van der Waals surface area contributed by atoms with E-state index < -0.39 is 0 Å². The van der Waals surface area contributed by atoms with Crippen molar-refractivity contribution in [3.8, 4) is 0 Å². The topological polar surface area (TPSA) is 50.1 Å². The molecule has 0 aliphatic heterocycles. The SMILES string of the molecule is CNNCCCN. The molecule has 0 spiro atoms. The Morgan fingerprint density at radius 3 is 2.71 bits per heavy atom. The maximum Gasteiger partial charge on any atom is 0.0112 e. The molecule has 44 valence electrons. The maximum absolute atomic E-state index is 5.20. The number of hydrazine groups is 1. The average molecular weight is 103 g/mol. The molecule has 0 fully saturated rings. The fraction of sp³-hybridized carbons (Fsp3) is 1.00. The van der Waals surface area contributed by atoms with Crippen LogP contribution in [0.5, 0.6) is 0 Å². The van der Waals surface area contributed by atoms with Crippen LogP contribution >= 0.6 is 0 Å². The summed E-state index contributed by atoms with van der Waals surface area (Å²) >= 11 is 0. The Morgan fingerprint density at radius 2 is 2.29 bits per heavy atom. The van der Waals surface area contributed by atoms with E-state index in [2.05, 4.69) is 10.9 Å². The minimum absolute atomic E-state index is 0.759. The fourth-order valence-electron chi connectivity index (χ4n) is 0.315. The smallest absolute Gasteiger partial charge is 0.0112 e. The molecule has 0 aromatic heterocycles. The molecule has 0 saturated heterocycles. The van der Waals surface area contributed by atoms with Gasteiger partial charge in [0, 0.05) is 6.54 Å². The first kappa shape index (κ1) is 6.88. The number of hydrogen-bond donors (Lipinski definition) is 3. The summed E-state index contributed by atoms with van der Waals surface area (Å²) in [5.41, 5.74) is 10.9. The molecule has 0 aliphatic carbocycles. The molecule has 7 heavy (non-hydrogen) atoms. The second-order valence-corrected chi connectivity index (χ2v) is 1.32. The van der Waals surface area contributed by atoms with Crippen LogP contribution < -0.4 is 16.6 Å². The van der Waals surface area contributed by atoms with E-state index >= 15 is 0 Å². The molecule has 0 bridgehead atoms. The number of nitrogens with one attached hydrogen (secondary N) is 2. The molecule has 0 aliphatic rings. The van der Waals surface area contributed by atoms with Crippen LogP contribution in [-0.2, 0) is 0 Å². The molecular weight excluding hydrogens is 90.1 g/mol. The molecule has 0 heterocycles. The molecule has 4 N–H and O–H groups in total. The van der Waals surface area contributed by atoms with Gasteiger partial charge in [0.25, 0.3) is 0 Å². The van der Waals surface area contributed by atoms with Crippen molar-refractivity contribution in [2.24, 2.45) is 5.73 Å². The fourth-order valence-corrected chi connectivity index (χ4v) is 0.315. The highest BCUT2D eigenvalue weighted by Crippen LogP contribution is 1.63. The Bertz CT molecular complexity index is 26.1. The summed E-state index contributed by atoms with van der Waals surface area (Å²) in [5.74, 6) is 0. The van der Waals surface area contributed by atoms with Gasteiger partial charge < -0.3 is 5.73 Å². The van der Waals surface area contributed by atoms with Gasteiger partial charge in [0.15, 0.2) is 0 Å². The molecule has 0 unspecified atom stereocenters. The predicted octanol–water partition coefficient (Wildman–Crippen LogP) is -0.941. The second-order valence-electron chi connectivity index (χ2n) is 1.32. The van der Waals surface area contributed by atoms with E-state index in [1.807, 2.05) is 7.05 Å². The van der Waals surface area contributed by atoms with E-state index in [0.717, 1.165) is 19.5 Å². The van der Waals surface area contributed by atoms with Crippen molar-refractivity contribution >= 4 is 0 Å². The number of rotatable bonds is 4. The summed E-state index contributed by atoms with van der Waals surface area (Å²) in [5, 5.41) is 0. The van der Waals surface area contributed by atoms with Gasteiger partial charge in [-0.3, -0.25) is 10.9 Å². The largest absolute Gasteiger partial charge is 0.330 e. The van der Waals surface area contributed by atoms with Crippen molar-refractivity contribution in [2.45, 2.75) is 6.42 Å². The van der Waals surface area contributed by atoms with Gasteiger partial charge in [0.05, 0.1) is 0 Å². The molecule has 0 rings (SSSR count). The van der Waals surface area contributed by atoms with Crippen LogP contribution in [0.3, 0.4) is 0 Å². The normalized spacial score (nSPS) is 9.43. The van der Waals surface area contributed by atoms with Gasteiger partial charge in [-0.15, -0.1) is 0 Å². The first-order valence-corrected chi connectivity index (χ1v) is 2.51. The third-order valence-electron chi connectivity index (χ3n) is 0.683. The lowest BCUT2D eigenvalue weighted by atomic mass is 10.4. The standard InChI is InChI=1S/C4H13N3/c1-6-7-4-2-3-5/h6-7H,2-5H2,1H3. The van der Waals surface area contributed by atoms with Gasteiger partial charge in [0.2, 0.25) is 0 Å². The van der Waals surface area contributed by atoms with E-state index in [0.29, 0.717) is 0 Å². The lowest BCUT2D eigenvalue weighted by Crippen LogP contribution is -2.29. The number of hydrogen-bond acceptors (Lipinski definition) is 3. The van der Waals surface area contributed by atoms with Crippen LogP contribution in [-0.4, -0.2) is 20.1 Å². The van der Waals surface area contributed by atoms with Crippen molar-refractivity contribution in [1.29, 1.82) is 0 Å². The lowest BCUT2D eigenvalue weighted by Gasteiger charge is -1.97. The van der Waals surface area contributed by atoms with Gasteiger partial charge in [-0.2, -0.15) is 0 Å². The Balaban J connectivity index is 2.45. The van der Waals surface area contributed by atoms with Crippen LogP contribution in [0.25, 0.3) is 0 Å². The summed E-state index contributed by atoms with van der Waals surface area (Å²) < 4.78 is 0. The van der Waals surface area contributed by atoms with E-state index in [4.69, 9.17) is 5.73 Å². The minimum Gasteiger partial charge on any atom is -0.330 e. The lowest BCUT2D eigenvalue weighted by molar-refractivity contribution is 0.579. The van der Waals surface area contributed by atoms with Gasteiger partial charge in [-0.05, 0) is 20.0 Å². The quantitative estimate of drug-likeness (QED) is 0.318. The van der Waals surface area contributed by atoms with Crippen LogP contribution in [0.15, 0.2) is 0 Å². The Hall–Kier alpha value is -0.120. The predicted molar refractivity (Wildman–Crippen MR) is 30.7 cm³/mol. The molecule has 0 aromatic rings. The van der Waals surface area contributed by atoms with Crippen molar-refractivity contribution in [2.75, 3.05) is 20.1 Å². The molecule has 0 atom stereocenters. The minimum atomic E-state index is 0.759. The molecule has 0 radical (unpaired) electrons. The van der Waals surface area contributed by atoms with Crippen LogP contribution in [0.2, 0.25) is 0 Å². The highest BCUT2D eigenvalue weighted by atomic mass is 15.3. The van der Waals surface area contributed by atoms with Gasteiger partial charge in [-0.1, -0.05) is 0 Å². The first-order valence-electron chi connectivity index (χ1n) is 2.51. The third kappa shape index (κ3) is 5.88. The highest BCUT2D eigenvalue weighted by molar-refractivity contribution is 4.38. The van der Waals surface area contributed by atoms with Crippen molar-refractivity contribution in [1.82, 2.24) is 10.9 Å². The first-order chi connectivity index (χ1) is 3.41. The maximum atomic E-state index is 5.20. The Labute approximate surface area is 44.2 Å². The Morgan fingerprint density at radius 1 is 1.57 bits per heavy atom. The van der Waals surface area contributed by atoms with E-state index in [-0.39, 0.29) is 0 Å². The summed E-state index contributed by atoms with van der Waals surface area (Å²) in [7, 11) is 1.84. The van der Waals surface area contributed by atoms with Gasteiger partial charge in [-0.25, -0.2) is 0 Å². The summed E-state index contributed by atoms with van der Waals surface area (Å²) in [6.45, 7) is 1.71. The zero-order chi connectivity index (χ0) is 5.54. The van der Waals surface area contributed by atoms with Crippen LogP contribution in [0.4, 0.5) is 0 Å². The van der Waals surface area contributed by atoms with Crippen molar-refractivity contribution in [3.63, 3.8) is 0 Å². The zero-order valence-electron chi connectivity index (χ0n) is 4.70. The summed E-state index contributed by atoms with van der Waals surface area (Å²) in [4.78, 5) is 0. The third-order valence-corrected chi connectivity index (χ3v) is 0.683. The van der Waals surface area contributed by atoms with Crippen molar-refractivity contribution in [3.05, 3.63) is 0 Å². The van der Waals surface area contributed by atoms with E-state index in [1.165, 1.54) is 0 Å². The highest BCUT2D eigenvalue weighted by Gasteiger charge is 1.76. The molecular formula is C4H13N3. The molecule has 0 aromatic carbocycles. The monoisotopic (exact) mass is 103 g/mol. The summed E-state index contributed by atoms with van der Waals surface area (Å²) in [6, 6.07) is 0. The Kier molecular flexibility index (Phi) is 5.78. The van der Waals surface area contributed by atoms with E-state index in [9.17, 15) is 0 Å². The molecule has 3 nitrogen and oxygen atoms in total. The molecule has 0 saturated carbocycles. The van der Waals surface area contributed by atoms with Crippen molar-refractivity contribution < 1.29 is 0 Å². The van der Waals surface area contributed by atoms with Crippen LogP contribution in [0.1, 0.15) is 6.42 Å². The van der Waals surface area contributed by atoms with Crippen LogP contribution in [0, 0.1) is 0 Å². The van der Waals surface area contributed by atoms with E-state index in [1.54, 1.807) is 0 Å². The number of nitrogens with two attached hydrogens (primary N) is 1.